The molecule has 138 valence electrons. The van der Waals surface area contributed by atoms with E-state index in [1.54, 1.807) is 25.1 Å². The molecule has 2 amide bonds. The zero-order valence-corrected chi connectivity index (χ0v) is 16.4. The molecule has 2 aromatic carbocycles. The third-order valence-corrected chi connectivity index (χ3v) is 4.93. The van der Waals surface area contributed by atoms with E-state index in [4.69, 9.17) is 16.3 Å². The van der Waals surface area contributed by atoms with Crippen LogP contribution in [0.5, 0.6) is 5.75 Å². The summed E-state index contributed by atoms with van der Waals surface area (Å²) in [6.45, 7) is 3.71. The van der Waals surface area contributed by atoms with E-state index in [1.807, 2.05) is 31.2 Å². The van der Waals surface area contributed by atoms with E-state index in [2.05, 4.69) is 10.6 Å². The van der Waals surface area contributed by atoms with Crippen LogP contribution in [0.2, 0.25) is 5.02 Å². The van der Waals surface area contributed by atoms with Crippen molar-refractivity contribution in [2.75, 3.05) is 23.5 Å². The van der Waals surface area contributed by atoms with Crippen LogP contribution < -0.4 is 15.4 Å². The Morgan fingerprint density at radius 3 is 2.65 bits per heavy atom. The number of benzene rings is 2. The van der Waals surface area contributed by atoms with Crippen LogP contribution in [0.4, 0.5) is 11.4 Å². The van der Waals surface area contributed by atoms with E-state index in [0.717, 1.165) is 11.3 Å². The van der Waals surface area contributed by atoms with E-state index in [1.165, 1.54) is 18.9 Å². The minimum absolute atomic E-state index is 0.152. The molecule has 0 saturated carbocycles. The van der Waals surface area contributed by atoms with Gasteiger partial charge in [-0.1, -0.05) is 23.7 Å². The van der Waals surface area contributed by atoms with Gasteiger partial charge in [0.1, 0.15) is 5.75 Å². The van der Waals surface area contributed by atoms with Crippen molar-refractivity contribution in [2.24, 2.45) is 0 Å². The first-order valence-electron chi connectivity index (χ1n) is 8.01. The standard InChI is InChI=1S/C19H21ClN2O3S/c1-12-5-4-6-15(9-12)21-18(23)11-26-13(2)19(24)22-16-10-14(20)7-8-17(16)25-3/h4-10,13H,11H2,1-3H3,(H,21,23)(H,22,24)/t13-/m0/s1. The molecule has 1 atom stereocenters. The van der Waals surface area contributed by atoms with Gasteiger partial charge in [0.25, 0.3) is 0 Å². The summed E-state index contributed by atoms with van der Waals surface area (Å²) in [7, 11) is 1.52. The second-order valence-electron chi connectivity index (χ2n) is 5.70. The maximum absolute atomic E-state index is 12.3. The van der Waals surface area contributed by atoms with Gasteiger partial charge >= 0.3 is 0 Å². The molecule has 0 aliphatic carbocycles. The minimum atomic E-state index is -0.415. The predicted molar refractivity (Wildman–Crippen MR) is 108 cm³/mol. The van der Waals surface area contributed by atoms with Crippen LogP contribution >= 0.6 is 23.4 Å². The third-order valence-electron chi connectivity index (χ3n) is 3.55. The predicted octanol–water partition coefficient (Wildman–Crippen LogP) is 4.36. The van der Waals surface area contributed by atoms with Gasteiger partial charge in [0.15, 0.2) is 0 Å². The first kappa shape index (κ1) is 20.1. The smallest absolute Gasteiger partial charge is 0.237 e. The number of rotatable bonds is 7. The number of carbonyl (C=O) groups excluding carboxylic acids is 2. The topological polar surface area (TPSA) is 67.4 Å². The average Bonchev–Trinajstić information content (AvgIpc) is 2.60. The molecule has 5 nitrogen and oxygen atoms in total. The van der Waals surface area contributed by atoms with Gasteiger partial charge in [0.2, 0.25) is 11.8 Å². The van der Waals surface area contributed by atoms with Gasteiger partial charge < -0.3 is 15.4 Å². The van der Waals surface area contributed by atoms with Gasteiger partial charge in [0, 0.05) is 10.7 Å². The molecule has 0 aromatic heterocycles. The quantitative estimate of drug-likeness (QED) is 0.734. The Morgan fingerprint density at radius 2 is 1.96 bits per heavy atom. The monoisotopic (exact) mass is 392 g/mol. The largest absolute Gasteiger partial charge is 0.495 e. The Balaban J connectivity index is 1.87. The molecule has 2 rings (SSSR count). The summed E-state index contributed by atoms with van der Waals surface area (Å²) in [5.74, 6) is 0.325. The molecule has 0 radical (unpaired) electrons. The number of hydrogen-bond acceptors (Lipinski definition) is 4. The van der Waals surface area contributed by atoms with E-state index in [-0.39, 0.29) is 17.6 Å². The molecule has 7 heteroatoms. The van der Waals surface area contributed by atoms with Gasteiger partial charge in [-0.25, -0.2) is 0 Å². The number of carbonyl (C=O) groups is 2. The third kappa shape index (κ3) is 5.97. The van der Waals surface area contributed by atoms with E-state index >= 15 is 0 Å². The fourth-order valence-electron chi connectivity index (χ4n) is 2.21. The summed E-state index contributed by atoms with van der Waals surface area (Å²) in [6, 6.07) is 12.6. The molecule has 0 saturated heterocycles. The lowest BCUT2D eigenvalue weighted by Gasteiger charge is -2.14. The van der Waals surface area contributed by atoms with Crippen molar-refractivity contribution in [1.82, 2.24) is 0 Å². The second-order valence-corrected chi connectivity index (χ2v) is 7.47. The Hall–Kier alpha value is -2.18. The SMILES string of the molecule is COc1ccc(Cl)cc1NC(=O)[C@H](C)SCC(=O)Nc1cccc(C)c1. The molecule has 0 heterocycles. The summed E-state index contributed by atoms with van der Waals surface area (Å²) in [6.07, 6.45) is 0. The zero-order chi connectivity index (χ0) is 19.1. The molecule has 0 bridgehead atoms. The summed E-state index contributed by atoms with van der Waals surface area (Å²) >= 11 is 7.22. The summed E-state index contributed by atoms with van der Waals surface area (Å²) < 4.78 is 5.21. The van der Waals surface area contributed by atoms with Gasteiger partial charge in [-0.3, -0.25) is 9.59 Å². The maximum atomic E-state index is 12.3. The first-order chi connectivity index (χ1) is 12.4. The van der Waals surface area contributed by atoms with Crippen LogP contribution in [0.3, 0.4) is 0 Å². The highest BCUT2D eigenvalue weighted by Crippen LogP contribution is 2.28. The lowest BCUT2D eigenvalue weighted by atomic mass is 10.2. The Kier molecular flexibility index (Phi) is 7.36. The maximum Gasteiger partial charge on any atom is 0.237 e. The normalized spacial score (nSPS) is 11.5. The summed E-state index contributed by atoms with van der Waals surface area (Å²) in [5.41, 5.74) is 2.32. The first-order valence-corrected chi connectivity index (χ1v) is 9.44. The summed E-state index contributed by atoms with van der Waals surface area (Å²) in [5, 5.41) is 5.69. The van der Waals surface area contributed by atoms with Gasteiger partial charge in [-0.15, -0.1) is 11.8 Å². The second kappa shape index (κ2) is 9.50. The Bertz CT molecular complexity index is 798. The highest BCUT2D eigenvalue weighted by Gasteiger charge is 2.17. The van der Waals surface area contributed by atoms with Crippen molar-refractivity contribution in [2.45, 2.75) is 19.1 Å². The van der Waals surface area contributed by atoms with Crippen molar-refractivity contribution in [1.29, 1.82) is 0 Å². The van der Waals surface area contributed by atoms with Gasteiger partial charge in [-0.05, 0) is 49.7 Å². The number of amides is 2. The molecule has 26 heavy (non-hydrogen) atoms. The number of ether oxygens (including phenoxy) is 1. The van der Waals surface area contributed by atoms with Gasteiger partial charge in [-0.2, -0.15) is 0 Å². The lowest BCUT2D eigenvalue weighted by molar-refractivity contribution is -0.115. The van der Waals surface area contributed by atoms with Crippen molar-refractivity contribution in [3.8, 4) is 5.75 Å². The van der Waals surface area contributed by atoms with E-state index in [0.29, 0.717) is 16.5 Å². The number of hydrogen-bond donors (Lipinski definition) is 2. The molecular weight excluding hydrogens is 372 g/mol. The molecule has 0 fully saturated rings. The fourth-order valence-corrected chi connectivity index (χ4v) is 3.06. The minimum Gasteiger partial charge on any atom is -0.495 e. The Labute approximate surface area is 162 Å². The molecule has 0 unspecified atom stereocenters. The fraction of sp³-hybridized carbons (Fsp3) is 0.263. The lowest BCUT2D eigenvalue weighted by Crippen LogP contribution is -2.25. The molecule has 0 aliphatic rings. The summed E-state index contributed by atoms with van der Waals surface area (Å²) in [4.78, 5) is 24.4. The van der Waals surface area contributed by atoms with Crippen molar-refractivity contribution >= 4 is 46.6 Å². The molecule has 0 aliphatic heterocycles. The van der Waals surface area contributed by atoms with Crippen LogP contribution in [0.15, 0.2) is 42.5 Å². The van der Waals surface area contributed by atoms with Crippen molar-refractivity contribution < 1.29 is 14.3 Å². The van der Waals surface area contributed by atoms with Crippen LogP contribution in [0.1, 0.15) is 12.5 Å². The highest BCUT2D eigenvalue weighted by atomic mass is 35.5. The number of anilines is 2. The van der Waals surface area contributed by atoms with Crippen LogP contribution in [-0.4, -0.2) is 29.9 Å². The molecule has 0 spiro atoms. The highest BCUT2D eigenvalue weighted by molar-refractivity contribution is 8.01. The molecular formula is C19H21ClN2O3S. The molecule has 2 N–H and O–H groups in total. The van der Waals surface area contributed by atoms with Crippen molar-refractivity contribution in [3.63, 3.8) is 0 Å². The molecule has 2 aromatic rings. The average molecular weight is 393 g/mol. The number of aryl methyl sites for hydroxylation is 1. The van der Waals surface area contributed by atoms with Gasteiger partial charge in [0.05, 0.1) is 23.8 Å². The Morgan fingerprint density at radius 1 is 1.19 bits per heavy atom. The number of nitrogens with one attached hydrogen (secondary N) is 2. The number of thioether (sulfide) groups is 1. The van der Waals surface area contributed by atoms with E-state index < -0.39 is 5.25 Å². The zero-order valence-electron chi connectivity index (χ0n) is 14.8. The van der Waals surface area contributed by atoms with Crippen LogP contribution in [-0.2, 0) is 9.59 Å². The van der Waals surface area contributed by atoms with Crippen LogP contribution in [0, 0.1) is 6.92 Å². The number of methoxy groups -OCH3 is 1. The van der Waals surface area contributed by atoms with E-state index in [9.17, 15) is 9.59 Å². The van der Waals surface area contributed by atoms with Crippen molar-refractivity contribution in [3.05, 3.63) is 53.1 Å². The van der Waals surface area contributed by atoms with Crippen LogP contribution in [0.25, 0.3) is 0 Å². The number of halogens is 1.